The van der Waals surface area contributed by atoms with Crippen molar-refractivity contribution in [2.24, 2.45) is 23.7 Å². The number of nitrogens with zero attached hydrogens (tertiary/aromatic N) is 2. The van der Waals surface area contributed by atoms with E-state index in [-0.39, 0.29) is 45.8 Å². The van der Waals surface area contributed by atoms with Crippen LogP contribution in [0.3, 0.4) is 0 Å². The number of halogens is 2. The Labute approximate surface area is 198 Å². The molecule has 2 bridgehead atoms. The lowest BCUT2D eigenvalue weighted by molar-refractivity contribution is -0.123. The number of rotatable bonds is 5. The van der Waals surface area contributed by atoms with Gasteiger partial charge in [-0.25, -0.2) is 4.79 Å². The molecule has 11 heteroatoms. The van der Waals surface area contributed by atoms with Gasteiger partial charge in [0.25, 0.3) is 5.91 Å². The molecule has 2 heterocycles. The third-order valence-electron chi connectivity index (χ3n) is 6.58. The third kappa shape index (κ3) is 3.59. The van der Waals surface area contributed by atoms with E-state index in [4.69, 9.17) is 32.5 Å². The molecule has 2 aromatic rings. The quantitative estimate of drug-likeness (QED) is 0.387. The normalized spacial score (nSPS) is 30.0. The van der Waals surface area contributed by atoms with Crippen LogP contribution in [0.5, 0.6) is 0 Å². The number of imide groups is 1. The van der Waals surface area contributed by atoms with Crippen LogP contribution in [-0.4, -0.2) is 46.2 Å². The second-order valence-corrected chi connectivity index (χ2v) is 9.52. The molecule has 1 aromatic carbocycles. The molecule has 3 fully saturated rings. The summed E-state index contributed by atoms with van der Waals surface area (Å²) in [6.07, 6.45) is 0.692. The van der Waals surface area contributed by atoms with Crippen molar-refractivity contribution in [1.82, 2.24) is 5.16 Å². The molecule has 2 aliphatic carbocycles. The molecule has 1 aromatic heterocycles. The van der Waals surface area contributed by atoms with E-state index in [2.05, 4.69) is 10.5 Å². The summed E-state index contributed by atoms with van der Waals surface area (Å²) in [5, 5.41) is 5.42. The van der Waals surface area contributed by atoms with Crippen molar-refractivity contribution in [2.45, 2.75) is 24.1 Å². The number of benzene rings is 1. The van der Waals surface area contributed by atoms with Crippen molar-refractivity contribution in [3.8, 4) is 0 Å². The molecule has 2 saturated carbocycles. The van der Waals surface area contributed by atoms with Gasteiger partial charge in [0, 0.05) is 6.07 Å². The van der Waals surface area contributed by atoms with Crippen molar-refractivity contribution in [3.63, 3.8) is 0 Å². The molecule has 3 aliphatic rings. The van der Waals surface area contributed by atoms with Crippen LogP contribution in [-0.2, 0) is 19.1 Å². The summed E-state index contributed by atoms with van der Waals surface area (Å²) in [6.45, 7) is 1.16. The second-order valence-electron chi connectivity index (χ2n) is 8.51. The van der Waals surface area contributed by atoms with Crippen LogP contribution in [0, 0.1) is 30.6 Å². The summed E-state index contributed by atoms with van der Waals surface area (Å²) in [5.74, 6) is -2.21. The molecule has 5 rings (SSSR count). The number of nitrogens with one attached hydrogen (secondary N) is 1. The number of aromatic nitrogens is 1. The van der Waals surface area contributed by atoms with Gasteiger partial charge in [-0.3, -0.25) is 19.3 Å². The van der Waals surface area contributed by atoms with Gasteiger partial charge in [0.05, 0.1) is 33.8 Å². The summed E-state index contributed by atoms with van der Waals surface area (Å²) in [4.78, 5) is 51.4. The first-order chi connectivity index (χ1) is 15.8. The van der Waals surface area contributed by atoms with E-state index >= 15 is 0 Å². The first-order valence-electron chi connectivity index (χ1n) is 10.4. The Morgan fingerprint density at radius 1 is 1.12 bits per heavy atom. The Hall–Kier alpha value is -2.91. The zero-order valence-electron chi connectivity index (χ0n) is 17.4. The molecular weight excluding hydrogens is 473 g/mol. The molecular formula is C22H19Cl2N3O6. The highest BCUT2D eigenvalue weighted by molar-refractivity contribution is 6.32. The van der Waals surface area contributed by atoms with Crippen LogP contribution in [0.1, 0.15) is 22.5 Å². The van der Waals surface area contributed by atoms with Crippen molar-refractivity contribution in [2.75, 3.05) is 16.8 Å². The zero-order chi connectivity index (χ0) is 23.4. The van der Waals surface area contributed by atoms with Gasteiger partial charge in [0.1, 0.15) is 5.76 Å². The van der Waals surface area contributed by atoms with Crippen LogP contribution >= 0.6 is 23.2 Å². The standard InChI is InChI=1S/C22H19Cl2N3O6/c1-9-6-14(26-33-9)25-15(28)8-32-22(31)10-2-4-11(5-3-10)27-20(29)16-12-7-13(17(16)21(27)30)19(24)18(12)23/h2-6,12-13,16-19H,7-8H2,1H3,(H,25,26,28)/t12-,13-,16-,17-,18+,19+/m1/s1. The SMILES string of the molecule is Cc1cc(NC(=O)COC(=O)c2ccc(N3C(=O)[C@@H]4[C@H]5C[C@@H]([C@H](Cl)[C@H]5Cl)[C@H]4C3=O)cc2)no1. The fourth-order valence-electron chi connectivity index (χ4n) is 5.17. The zero-order valence-corrected chi connectivity index (χ0v) is 18.9. The highest BCUT2D eigenvalue weighted by atomic mass is 35.5. The van der Waals surface area contributed by atoms with Gasteiger partial charge in [-0.1, -0.05) is 5.16 Å². The highest BCUT2D eigenvalue weighted by Gasteiger charge is 2.66. The monoisotopic (exact) mass is 491 g/mol. The smallest absolute Gasteiger partial charge is 0.338 e. The average molecular weight is 492 g/mol. The number of anilines is 2. The molecule has 172 valence electrons. The maximum atomic E-state index is 13.0. The van der Waals surface area contributed by atoms with Gasteiger partial charge in [0.2, 0.25) is 11.8 Å². The van der Waals surface area contributed by atoms with Crippen molar-refractivity contribution in [1.29, 1.82) is 0 Å². The Morgan fingerprint density at radius 2 is 1.73 bits per heavy atom. The number of esters is 1. The van der Waals surface area contributed by atoms with Crippen molar-refractivity contribution < 1.29 is 28.4 Å². The van der Waals surface area contributed by atoms with Crippen LogP contribution in [0.25, 0.3) is 0 Å². The predicted octanol–water partition coefficient (Wildman–Crippen LogP) is 2.75. The maximum absolute atomic E-state index is 13.0. The molecule has 3 amide bonds. The highest BCUT2D eigenvalue weighted by Crippen LogP contribution is 2.59. The largest absolute Gasteiger partial charge is 0.452 e. The first-order valence-corrected chi connectivity index (χ1v) is 11.3. The molecule has 6 atom stereocenters. The van der Waals surface area contributed by atoms with Crippen LogP contribution < -0.4 is 10.2 Å². The lowest BCUT2D eigenvalue weighted by Gasteiger charge is -2.28. The number of amides is 3. The number of aryl methyl sites for hydroxylation is 1. The molecule has 1 aliphatic heterocycles. The molecule has 0 unspecified atom stereocenters. The minimum Gasteiger partial charge on any atom is -0.452 e. The minimum atomic E-state index is -0.725. The second kappa shape index (κ2) is 8.14. The Kier molecular flexibility index (Phi) is 5.41. The van der Waals surface area contributed by atoms with Crippen LogP contribution in [0.4, 0.5) is 11.5 Å². The third-order valence-corrected chi connectivity index (χ3v) is 7.90. The van der Waals surface area contributed by atoms with E-state index < -0.39 is 30.3 Å². The van der Waals surface area contributed by atoms with Gasteiger partial charge in [0.15, 0.2) is 12.4 Å². The number of ether oxygens (including phenoxy) is 1. The summed E-state index contributed by atoms with van der Waals surface area (Å²) in [7, 11) is 0. The summed E-state index contributed by atoms with van der Waals surface area (Å²) < 4.78 is 9.85. The summed E-state index contributed by atoms with van der Waals surface area (Å²) in [6, 6.07) is 7.41. The number of hydrogen-bond acceptors (Lipinski definition) is 7. The van der Waals surface area contributed by atoms with E-state index in [1.165, 1.54) is 30.3 Å². The number of fused-ring (bicyclic) bond motifs is 5. The Bertz CT molecular complexity index is 1120. The molecule has 0 spiro atoms. The number of carbonyl (C=O) groups excluding carboxylic acids is 4. The fourth-order valence-corrected chi connectivity index (χ4v) is 6.06. The molecule has 1 N–H and O–H groups in total. The van der Waals surface area contributed by atoms with E-state index in [0.717, 1.165) is 4.90 Å². The van der Waals surface area contributed by atoms with Crippen molar-refractivity contribution in [3.05, 3.63) is 41.7 Å². The fraction of sp³-hybridized carbons (Fsp3) is 0.409. The predicted molar refractivity (Wildman–Crippen MR) is 117 cm³/mol. The number of carbonyl (C=O) groups is 4. The Morgan fingerprint density at radius 3 is 2.27 bits per heavy atom. The molecule has 33 heavy (non-hydrogen) atoms. The molecule has 1 saturated heterocycles. The van der Waals surface area contributed by atoms with E-state index in [1.807, 2.05) is 0 Å². The van der Waals surface area contributed by atoms with Gasteiger partial charge in [-0.15, -0.1) is 23.2 Å². The number of hydrogen-bond donors (Lipinski definition) is 1. The summed E-state index contributed by atoms with van der Waals surface area (Å²) >= 11 is 12.8. The maximum Gasteiger partial charge on any atom is 0.338 e. The molecule has 9 nitrogen and oxygen atoms in total. The van der Waals surface area contributed by atoms with Crippen molar-refractivity contribution >= 4 is 58.4 Å². The summed E-state index contributed by atoms with van der Waals surface area (Å²) in [5.41, 5.74) is 0.538. The van der Waals surface area contributed by atoms with Crippen LogP contribution in [0.2, 0.25) is 0 Å². The van der Waals surface area contributed by atoms with Gasteiger partial charge < -0.3 is 14.6 Å². The van der Waals surface area contributed by atoms with Gasteiger partial charge in [-0.2, -0.15) is 0 Å². The first kappa shape index (κ1) is 21.9. The van der Waals surface area contributed by atoms with E-state index in [9.17, 15) is 19.2 Å². The van der Waals surface area contributed by atoms with Gasteiger partial charge >= 0.3 is 5.97 Å². The minimum absolute atomic E-state index is 0.104. The average Bonchev–Trinajstić information content (AvgIpc) is 3.52. The number of alkyl halides is 2. The van der Waals surface area contributed by atoms with E-state index in [1.54, 1.807) is 6.92 Å². The lowest BCUT2D eigenvalue weighted by Crippen LogP contribution is -2.37. The van der Waals surface area contributed by atoms with E-state index in [0.29, 0.717) is 17.9 Å². The van der Waals surface area contributed by atoms with Gasteiger partial charge in [-0.05, 0) is 49.4 Å². The topological polar surface area (TPSA) is 119 Å². The van der Waals surface area contributed by atoms with Crippen LogP contribution in [0.15, 0.2) is 34.9 Å². The molecule has 0 radical (unpaired) electrons. The Balaban J connectivity index is 1.23. The lowest BCUT2D eigenvalue weighted by atomic mass is 9.80.